The number of carbonyl (C=O) groups is 2. The first-order valence-electron chi connectivity index (χ1n) is 10.3. The zero-order chi connectivity index (χ0) is 25.4. The van der Waals surface area contributed by atoms with Crippen molar-refractivity contribution in [1.29, 1.82) is 0 Å². The molecule has 0 unspecified atom stereocenters. The van der Waals surface area contributed by atoms with Crippen molar-refractivity contribution >= 4 is 29.3 Å². The first-order chi connectivity index (χ1) is 16.9. The van der Waals surface area contributed by atoms with Crippen LogP contribution >= 0.6 is 0 Å². The summed E-state index contributed by atoms with van der Waals surface area (Å²) in [5.74, 6) is -0.137. The number of nitrogens with zero attached hydrogens (tertiary/aromatic N) is 1. The molecule has 0 heterocycles. The van der Waals surface area contributed by atoms with Crippen LogP contribution in [0.5, 0.6) is 17.2 Å². The summed E-state index contributed by atoms with van der Waals surface area (Å²) in [6, 6.07) is 17.0. The van der Waals surface area contributed by atoms with Gasteiger partial charge in [-0.25, -0.2) is 0 Å². The first-order valence-corrected chi connectivity index (χ1v) is 10.3. The van der Waals surface area contributed by atoms with Crippen molar-refractivity contribution < 1.29 is 28.7 Å². The van der Waals surface area contributed by atoms with Gasteiger partial charge < -0.3 is 24.8 Å². The molecular formula is C25H23N3O7. The molecule has 0 saturated heterocycles. The van der Waals surface area contributed by atoms with Gasteiger partial charge in [0.15, 0.2) is 11.5 Å². The van der Waals surface area contributed by atoms with Gasteiger partial charge in [-0.2, -0.15) is 0 Å². The Morgan fingerprint density at radius 3 is 2.11 bits per heavy atom. The minimum Gasteiger partial charge on any atom is -0.493 e. The van der Waals surface area contributed by atoms with E-state index in [0.717, 1.165) is 0 Å². The zero-order valence-corrected chi connectivity index (χ0v) is 19.2. The molecule has 0 aliphatic carbocycles. The third kappa shape index (κ3) is 6.14. The van der Waals surface area contributed by atoms with Gasteiger partial charge in [0.2, 0.25) is 5.75 Å². The minimum atomic E-state index is -0.691. The molecule has 2 amide bonds. The highest BCUT2D eigenvalue weighted by molar-refractivity contribution is 6.10. The summed E-state index contributed by atoms with van der Waals surface area (Å²) >= 11 is 0. The highest BCUT2D eigenvalue weighted by Gasteiger charge is 2.18. The molecule has 2 N–H and O–H groups in total. The largest absolute Gasteiger partial charge is 0.493 e. The minimum absolute atomic E-state index is 0.111. The Bertz CT molecular complexity index is 1250. The topological polar surface area (TPSA) is 129 Å². The lowest BCUT2D eigenvalue weighted by atomic mass is 10.1. The molecule has 0 spiro atoms. The Balaban J connectivity index is 2.02. The van der Waals surface area contributed by atoms with Crippen molar-refractivity contribution in [3.05, 3.63) is 93.7 Å². The summed E-state index contributed by atoms with van der Waals surface area (Å²) in [7, 11) is 4.38. The molecular weight excluding hydrogens is 454 g/mol. The van der Waals surface area contributed by atoms with Crippen molar-refractivity contribution in [2.24, 2.45) is 0 Å². The van der Waals surface area contributed by atoms with Gasteiger partial charge in [0.05, 0.1) is 26.3 Å². The maximum absolute atomic E-state index is 13.1. The highest BCUT2D eigenvalue weighted by Crippen LogP contribution is 2.38. The van der Waals surface area contributed by atoms with E-state index in [0.29, 0.717) is 28.4 Å². The molecule has 0 bridgehead atoms. The number of nitro groups is 1. The molecule has 0 atom stereocenters. The van der Waals surface area contributed by atoms with Gasteiger partial charge >= 0.3 is 0 Å². The Kier molecular flexibility index (Phi) is 8.02. The molecule has 10 heteroatoms. The molecule has 0 saturated carbocycles. The van der Waals surface area contributed by atoms with E-state index < -0.39 is 16.7 Å². The number of non-ortho nitro benzene ring substituents is 1. The Labute approximate surface area is 201 Å². The number of benzene rings is 3. The average Bonchev–Trinajstić information content (AvgIpc) is 2.88. The molecule has 0 aliphatic rings. The van der Waals surface area contributed by atoms with Crippen LogP contribution in [0.2, 0.25) is 0 Å². The zero-order valence-electron chi connectivity index (χ0n) is 19.2. The molecule has 0 aliphatic heterocycles. The predicted molar refractivity (Wildman–Crippen MR) is 130 cm³/mol. The number of rotatable bonds is 9. The summed E-state index contributed by atoms with van der Waals surface area (Å²) in [4.78, 5) is 36.5. The lowest BCUT2D eigenvalue weighted by molar-refractivity contribution is -0.384. The molecule has 180 valence electrons. The number of nitrogens with one attached hydrogen (secondary N) is 2. The molecule has 3 aromatic rings. The first kappa shape index (κ1) is 24.8. The van der Waals surface area contributed by atoms with E-state index in [2.05, 4.69) is 10.6 Å². The number of ether oxygens (including phenoxy) is 3. The third-order valence-electron chi connectivity index (χ3n) is 4.84. The van der Waals surface area contributed by atoms with Crippen LogP contribution in [0, 0.1) is 10.1 Å². The van der Waals surface area contributed by atoms with Gasteiger partial charge in [-0.1, -0.05) is 24.3 Å². The van der Waals surface area contributed by atoms with Gasteiger partial charge in [0.1, 0.15) is 5.70 Å². The molecule has 3 rings (SSSR count). The van der Waals surface area contributed by atoms with E-state index in [1.165, 1.54) is 51.7 Å². The summed E-state index contributed by atoms with van der Waals surface area (Å²) in [5, 5.41) is 16.3. The lowest BCUT2D eigenvalue weighted by Gasteiger charge is -2.14. The standard InChI is InChI=1S/C25H23N3O7/c1-33-21-13-16(14-22(34-2)23(21)35-3)12-20(27-24(29)17-8-5-4-6-9-17)25(30)26-18-10-7-11-19(15-18)28(31)32/h4-15H,1-3H3,(H,26,30)(H,27,29)/b20-12+. The van der Waals surface area contributed by atoms with E-state index >= 15 is 0 Å². The molecule has 0 radical (unpaired) electrons. The Hall–Kier alpha value is -4.86. The average molecular weight is 477 g/mol. The summed E-state index contributed by atoms with van der Waals surface area (Å²) in [5.41, 5.74) is 0.698. The summed E-state index contributed by atoms with van der Waals surface area (Å²) < 4.78 is 16.0. The maximum atomic E-state index is 13.1. The van der Waals surface area contributed by atoms with E-state index in [-0.39, 0.29) is 17.1 Å². The van der Waals surface area contributed by atoms with E-state index in [4.69, 9.17) is 14.2 Å². The van der Waals surface area contributed by atoms with Gasteiger partial charge in [-0.15, -0.1) is 0 Å². The Morgan fingerprint density at radius 2 is 1.54 bits per heavy atom. The van der Waals surface area contributed by atoms with Crippen LogP contribution in [0.3, 0.4) is 0 Å². The van der Waals surface area contributed by atoms with Crippen molar-refractivity contribution in [2.75, 3.05) is 26.6 Å². The van der Waals surface area contributed by atoms with Crippen LogP contribution in [-0.4, -0.2) is 38.1 Å². The van der Waals surface area contributed by atoms with Crippen molar-refractivity contribution in [2.45, 2.75) is 0 Å². The lowest BCUT2D eigenvalue weighted by Crippen LogP contribution is -2.30. The second kappa shape index (κ2) is 11.3. The molecule has 3 aromatic carbocycles. The Morgan fingerprint density at radius 1 is 0.886 bits per heavy atom. The summed E-state index contributed by atoms with van der Waals surface area (Å²) in [6.45, 7) is 0. The van der Waals surface area contributed by atoms with Crippen LogP contribution in [0.15, 0.2) is 72.4 Å². The fourth-order valence-electron chi connectivity index (χ4n) is 3.19. The maximum Gasteiger partial charge on any atom is 0.272 e. The van der Waals surface area contributed by atoms with Crippen LogP contribution < -0.4 is 24.8 Å². The SMILES string of the molecule is COc1cc(/C=C(/NC(=O)c2ccccc2)C(=O)Nc2cccc([N+](=O)[O-])c2)cc(OC)c1OC. The van der Waals surface area contributed by atoms with Crippen LogP contribution in [0.25, 0.3) is 6.08 Å². The molecule has 35 heavy (non-hydrogen) atoms. The monoisotopic (exact) mass is 477 g/mol. The van der Waals surface area contributed by atoms with Crippen molar-refractivity contribution in [3.63, 3.8) is 0 Å². The van der Waals surface area contributed by atoms with Gasteiger partial charge in [0.25, 0.3) is 17.5 Å². The van der Waals surface area contributed by atoms with E-state index in [1.54, 1.807) is 42.5 Å². The van der Waals surface area contributed by atoms with E-state index in [9.17, 15) is 19.7 Å². The fourth-order valence-corrected chi connectivity index (χ4v) is 3.19. The second-order valence-electron chi connectivity index (χ2n) is 7.10. The van der Waals surface area contributed by atoms with Gasteiger partial charge in [-0.05, 0) is 42.0 Å². The normalized spacial score (nSPS) is 10.8. The number of anilines is 1. The van der Waals surface area contributed by atoms with Gasteiger partial charge in [0, 0.05) is 23.4 Å². The quantitative estimate of drug-likeness (QED) is 0.270. The fraction of sp³-hybridized carbons (Fsp3) is 0.120. The highest BCUT2D eigenvalue weighted by atomic mass is 16.6. The number of hydrogen-bond acceptors (Lipinski definition) is 7. The van der Waals surface area contributed by atoms with Crippen molar-refractivity contribution in [3.8, 4) is 17.2 Å². The number of carbonyl (C=O) groups excluding carboxylic acids is 2. The summed E-state index contributed by atoms with van der Waals surface area (Å²) in [6.07, 6.45) is 1.43. The number of hydrogen-bond donors (Lipinski definition) is 2. The molecule has 0 fully saturated rings. The van der Waals surface area contributed by atoms with Crippen LogP contribution in [0.4, 0.5) is 11.4 Å². The predicted octanol–water partition coefficient (Wildman–Crippen LogP) is 4.03. The second-order valence-corrected chi connectivity index (χ2v) is 7.10. The van der Waals surface area contributed by atoms with E-state index in [1.807, 2.05) is 0 Å². The molecule has 10 nitrogen and oxygen atoms in total. The van der Waals surface area contributed by atoms with Crippen LogP contribution in [0.1, 0.15) is 15.9 Å². The third-order valence-corrected chi connectivity index (χ3v) is 4.84. The van der Waals surface area contributed by atoms with Crippen LogP contribution in [-0.2, 0) is 4.79 Å². The molecule has 0 aromatic heterocycles. The number of nitro benzene ring substituents is 1. The van der Waals surface area contributed by atoms with Crippen molar-refractivity contribution in [1.82, 2.24) is 5.32 Å². The number of amides is 2. The number of methoxy groups -OCH3 is 3. The van der Waals surface area contributed by atoms with Gasteiger partial charge in [-0.3, -0.25) is 19.7 Å². The smallest absolute Gasteiger partial charge is 0.272 e.